The Morgan fingerprint density at radius 3 is 2.59 bits per heavy atom. The van der Waals surface area contributed by atoms with Crippen molar-refractivity contribution in [2.45, 2.75) is 6.61 Å². The van der Waals surface area contributed by atoms with Gasteiger partial charge in [-0.1, -0.05) is 23.2 Å². The van der Waals surface area contributed by atoms with E-state index in [0.717, 1.165) is 0 Å². The number of carbonyl (C=O) groups is 1. The smallest absolute Gasteiger partial charge is 0.257 e. The van der Waals surface area contributed by atoms with Crippen LogP contribution in [-0.2, 0) is 6.61 Å². The number of nitrogens with one attached hydrogen (secondary N) is 2. The molecule has 1 amide bonds. The van der Waals surface area contributed by atoms with Gasteiger partial charge in [0, 0.05) is 11.3 Å². The molecule has 3 rings (SSSR count). The number of methoxy groups -OCH3 is 1. The highest BCUT2D eigenvalue weighted by molar-refractivity contribution is 7.80. The SMILES string of the molecule is COc1ccc(NC(=S)NC(=O)c2ccc(Cl)c(Cl)c2)cc1-c1ccc(CO)o1. The van der Waals surface area contributed by atoms with E-state index in [2.05, 4.69) is 10.6 Å². The van der Waals surface area contributed by atoms with E-state index in [1.807, 2.05) is 0 Å². The lowest BCUT2D eigenvalue weighted by atomic mass is 10.1. The van der Waals surface area contributed by atoms with Crippen molar-refractivity contribution >= 4 is 52.1 Å². The lowest BCUT2D eigenvalue weighted by Gasteiger charge is -2.13. The highest BCUT2D eigenvalue weighted by Gasteiger charge is 2.14. The van der Waals surface area contributed by atoms with Crippen LogP contribution < -0.4 is 15.4 Å². The predicted octanol–water partition coefficient (Wildman–Crippen LogP) is 4.88. The van der Waals surface area contributed by atoms with E-state index in [0.29, 0.717) is 39.1 Å². The minimum absolute atomic E-state index is 0.104. The van der Waals surface area contributed by atoms with E-state index in [9.17, 15) is 9.90 Å². The fourth-order valence-electron chi connectivity index (χ4n) is 2.56. The molecule has 9 heteroatoms. The summed E-state index contributed by atoms with van der Waals surface area (Å²) in [6, 6.07) is 13.2. The molecular formula is C20H16Cl2N2O4S. The second kappa shape index (κ2) is 9.28. The normalized spacial score (nSPS) is 10.5. The van der Waals surface area contributed by atoms with Crippen molar-refractivity contribution in [3.05, 3.63) is 69.9 Å². The van der Waals surface area contributed by atoms with Crippen molar-refractivity contribution in [1.82, 2.24) is 5.32 Å². The summed E-state index contributed by atoms with van der Waals surface area (Å²) >= 11 is 17.0. The van der Waals surface area contributed by atoms with Gasteiger partial charge in [-0.05, 0) is 60.7 Å². The van der Waals surface area contributed by atoms with Gasteiger partial charge in [-0.15, -0.1) is 0 Å². The van der Waals surface area contributed by atoms with Crippen LogP contribution in [0.15, 0.2) is 52.9 Å². The monoisotopic (exact) mass is 450 g/mol. The second-order valence-electron chi connectivity index (χ2n) is 5.88. The molecule has 0 unspecified atom stereocenters. The molecule has 3 N–H and O–H groups in total. The number of rotatable bonds is 5. The van der Waals surface area contributed by atoms with Gasteiger partial charge >= 0.3 is 0 Å². The molecule has 1 aromatic heterocycles. The van der Waals surface area contributed by atoms with E-state index >= 15 is 0 Å². The Labute approximate surface area is 182 Å². The first-order valence-corrected chi connectivity index (χ1v) is 9.53. The number of ether oxygens (including phenoxy) is 1. The van der Waals surface area contributed by atoms with Crippen LogP contribution in [0, 0.1) is 0 Å². The van der Waals surface area contributed by atoms with Gasteiger partial charge in [0.2, 0.25) is 0 Å². The molecule has 0 saturated carbocycles. The summed E-state index contributed by atoms with van der Waals surface area (Å²) in [4.78, 5) is 12.3. The zero-order valence-electron chi connectivity index (χ0n) is 15.2. The van der Waals surface area contributed by atoms with Crippen LogP contribution in [0.1, 0.15) is 16.1 Å². The summed E-state index contributed by atoms with van der Waals surface area (Å²) in [6.07, 6.45) is 0. The molecule has 150 valence electrons. The number of thiocarbonyl (C=S) groups is 1. The van der Waals surface area contributed by atoms with E-state index in [4.69, 9.17) is 44.6 Å². The first-order chi connectivity index (χ1) is 13.9. The molecule has 0 radical (unpaired) electrons. The quantitative estimate of drug-likeness (QED) is 0.480. The molecule has 29 heavy (non-hydrogen) atoms. The number of anilines is 1. The topological polar surface area (TPSA) is 83.7 Å². The van der Waals surface area contributed by atoms with Gasteiger partial charge < -0.3 is 19.6 Å². The number of amides is 1. The molecule has 6 nitrogen and oxygen atoms in total. The molecule has 3 aromatic rings. The summed E-state index contributed by atoms with van der Waals surface area (Å²) in [7, 11) is 1.55. The van der Waals surface area contributed by atoms with Crippen molar-refractivity contribution < 1.29 is 19.1 Å². The third kappa shape index (κ3) is 5.07. The summed E-state index contributed by atoms with van der Waals surface area (Å²) in [5.41, 5.74) is 1.60. The molecule has 0 saturated heterocycles. The fraction of sp³-hybridized carbons (Fsp3) is 0.100. The Balaban J connectivity index is 1.75. The number of aliphatic hydroxyl groups excluding tert-OH is 1. The molecule has 0 aliphatic heterocycles. The number of halogens is 2. The first-order valence-electron chi connectivity index (χ1n) is 8.36. The van der Waals surface area contributed by atoms with E-state index in [-0.39, 0.29) is 16.7 Å². The average Bonchev–Trinajstić information content (AvgIpc) is 3.19. The Hall–Kier alpha value is -2.58. The van der Waals surface area contributed by atoms with Crippen molar-refractivity contribution in [2.24, 2.45) is 0 Å². The number of aliphatic hydroxyl groups is 1. The van der Waals surface area contributed by atoms with Gasteiger partial charge in [-0.25, -0.2) is 0 Å². The van der Waals surface area contributed by atoms with Crippen molar-refractivity contribution in [3.8, 4) is 17.1 Å². The molecule has 0 aliphatic rings. The van der Waals surface area contributed by atoms with Crippen LogP contribution in [0.2, 0.25) is 10.0 Å². The largest absolute Gasteiger partial charge is 0.496 e. The van der Waals surface area contributed by atoms with Gasteiger partial charge in [0.15, 0.2) is 5.11 Å². The van der Waals surface area contributed by atoms with E-state index in [1.165, 1.54) is 12.1 Å². The molecule has 0 atom stereocenters. The van der Waals surface area contributed by atoms with E-state index < -0.39 is 5.91 Å². The van der Waals surface area contributed by atoms with Crippen LogP contribution in [0.4, 0.5) is 5.69 Å². The highest BCUT2D eigenvalue weighted by Crippen LogP contribution is 2.33. The van der Waals surface area contributed by atoms with Crippen molar-refractivity contribution in [2.75, 3.05) is 12.4 Å². The van der Waals surface area contributed by atoms with Crippen LogP contribution in [-0.4, -0.2) is 23.2 Å². The van der Waals surface area contributed by atoms with E-state index in [1.54, 1.807) is 43.5 Å². The number of furan rings is 1. The maximum Gasteiger partial charge on any atom is 0.257 e. The van der Waals surface area contributed by atoms with Crippen LogP contribution in [0.3, 0.4) is 0 Å². The number of hydrogen-bond donors (Lipinski definition) is 3. The van der Waals surface area contributed by atoms with Gasteiger partial charge in [-0.3, -0.25) is 10.1 Å². The minimum Gasteiger partial charge on any atom is -0.496 e. The van der Waals surface area contributed by atoms with Gasteiger partial charge in [0.05, 0.1) is 22.7 Å². The lowest BCUT2D eigenvalue weighted by Crippen LogP contribution is -2.34. The molecule has 0 spiro atoms. The Morgan fingerprint density at radius 1 is 1.14 bits per heavy atom. The maximum atomic E-state index is 12.3. The molecule has 2 aromatic carbocycles. The maximum absolute atomic E-state index is 12.3. The molecular weight excluding hydrogens is 435 g/mol. The third-order valence-corrected chi connectivity index (χ3v) is 4.89. The Bertz CT molecular complexity index is 1070. The third-order valence-electron chi connectivity index (χ3n) is 3.95. The highest BCUT2D eigenvalue weighted by atomic mass is 35.5. The summed E-state index contributed by atoms with van der Waals surface area (Å²) in [6.45, 7) is -0.203. The number of hydrogen-bond acceptors (Lipinski definition) is 5. The number of benzene rings is 2. The molecule has 0 fully saturated rings. The van der Waals surface area contributed by atoms with Gasteiger partial charge in [0.1, 0.15) is 23.9 Å². The van der Waals surface area contributed by atoms with Crippen LogP contribution in [0.25, 0.3) is 11.3 Å². The Morgan fingerprint density at radius 2 is 1.93 bits per heavy atom. The first kappa shape index (κ1) is 21.1. The lowest BCUT2D eigenvalue weighted by molar-refractivity contribution is 0.0977. The van der Waals surface area contributed by atoms with Crippen LogP contribution in [0.5, 0.6) is 5.75 Å². The number of carbonyl (C=O) groups excluding carboxylic acids is 1. The molecule has 0 aliphatic carbocycles. The predicted molar refractivity (Wildman–Crippen MR) is 117 cm³/mol. The zero-order chi connectivity index (χ0) is 21.0. The molecule has 1 heterocycles. The summed E-state index contributed by atoms with van der Waals surface area (Å²) in [5, 5.41) is 15.5. The molecule has 0 bridgehead atoms. The standard InChI is InChI=1S/C20H16Cl2N2O4S/c1-27-17-6-3-12(9-14(17)18-7-4-13(10-25)28-18)23-20(29)24-19(26)11-2-5-15(21)16(22)8-11/h2-9,25H,10H2,1H3,(H2,23,24,26,29). The fourth-order valence-corrected chi connectivity index (χ4v) is 3.07. The minimum atomic E-state index is -0.423. The Kier molecular flexibility index (Phi) is 6.76. The van der Waals surface area contributed by atoms with Gasteiger partial charge in [-0.2, -0.15) is 0 Å². The van der Waals surface area contributed by atoms with Gasteiger partial charge in [0.25, 0.3) is 5.91 Å². The van der Waals surface area contributed by atoms with Crippen molar-refractivity contribution in [1.29, 1.82) is 0 Å². The van der Waals surface area contributed by atoms with Crippen LogP contribution >= 0.6 is 35.4 Å². The summed E-state index contributed by atoms with van der Waals surface area (Å²) in [5.74, 6) is 1.12. The summed E-state index contributed by atoms with van der Waals surface area (Å²) < 4.78 is 11.0. The average molecular weight is 451 g/mol. The van der Waals surface area contributed by atoms with Crippen molar-refractivity contribution in [3.63, 3.8) is 0 Å². The zero-order valence-corrected chi connectivity index (χ0v) is 17.5. The second-order valence-corrected chi connectivity index (χ2v) is 7.10.